The monoisotopic (exact) mass is 357 g/mol. The van der Waals surface area contributed by atoms with Crippen LogP contribution in [0.25, 0.3) is 0 Å². The van der Waals surface area contributed by atoms with E-state index in [1.807, 2.05) is 13.1 Å². The zero-order valence-electron chi connectivity index (χ0n) is 16.3. The molecule has 1 aromatic rings. The lowest BCUT2D eigenvalue weighted by molar-refractivity contribution is 0.151. The zero-order chi connectivity index (χ0) is 18.2. The molecule has 1 saturated carbocycles. The van der Waals surface area contributed by atoms with Crippen LogP contribution in [-0.4, -0.2) is 50.8 Å². The zero-order valence-corrected chi connectivity index (χ0v) is 16.3. The fourth-order valence-corrected chi connectivity index (χ4v) is 4.40. The Morgan fingerprint density at radius 1 is 1.19 bits per heavy atom. The maximum atomic E-state index is 5.75. The molecule has 4 rings (SSSR count). The molecule has 0 amide bonds. The molecule has 0 radical (unpaired) electrons. The highest BCUT2D eigenvalue weighted by molar-refractivity contribution is 5.80. The minimum atomic E-state index is -0.0281. The Morgan fingerprint density at radius 2 is 1.96 bits per heavy atom. The predicted octanol–water partition coefficient (Wildman–Crippen LogP) is 3.19. The van der Waals surface area contributed by atoms with Gasteiger partial charge in [0.2, 0.25) is 0 Å². The van der Waals surface area contributed by atoms with E-state index < -0.39 is 0 Å². The summed E-state index contributed by atoms with van der Waals surface area (Å²) in [6.07, 6.45) is 5.50. The van der Waals surface area contributed by atoms with Crippen molar-refractivity contribution in [2.75, 3.05) is 39.9 Å². The first kappa shape index (κ1) is 17.5. The van der Waals surface area contributed by atoms with E-state index in [1.54, 1.807) is 0 Å². The molecule has 2 fully saturated rings. The number of fused-ring (bicyclic) bond motifs is 1. The molecule has 1 saturated heterocycles. The van der Waals surface area contributed by atoms with Gasteiger partial charge in [0.15, 0.2) is 17.5 Å². The second-order valence-corrected chi connectivity index (χ2v) is 8.67. The van der Waals surface area contributed by atoms with E-state index in [0.717, 1.165) is 37.1 Å². The van der Waals surface area contributed by atoms with Crippen molar-refractivity contribution in [2.45, 2.75) is 44.9 Å². The summed E-state index contributed by atoms with van der Waals surface area (Å²) < 4.78 is 11.4. The van der Waals surface area contributed by atoms with Gasteiger partial charge in [-0.25, -0.2) is 0 Å². The third kappa shape index (κ3) is 3.24. The number of aliphatic imine (C=N–C) groups is 1. The summed E-state index contributed by atoms with van der Waals surface area (Å²) in [5.41, 5.74) is 1.81. The van der Waals surface area contributed by atoms with Gasteiger partial charge in [0.1, 0.15) is 13.2 Å². The standard InChI is InChI=1S/C21H31N3O2/c1-20(2,16-5-6-17-18(13-16)26-12-11-25-17)14-23-19(22-3)24-10-9-21(15-24)7-4-8-21/h5-6,13H,4,7-12,14-15H2,1-3H3,(H,22,23). The van der Waals surface area contributed by atoms with E-state index in [0.29, 0.717) is 18.6 Å². The summed E-state index contributed by atoms with van der Waals surface area (Å²) in [4.78, 5) is 6.99. The van der Waals surface area contributed by atoms with Gasteiger partial charge in [0, 0.05) is 32.1 Å². The Kier molecular flexibility index (Phi) is 4.49. The molecule has 142 valence electrons. The summed E-state index contributed by atoms with van der Waals surface area (Å²) in [5.74, 6) is 2.75. The maximum absolute atomic E-state index is 5.75. The quantitative estimate of drug-likeness (QED) is 0.667. The van der Waals surface area contributed by atoms with Crippen LogP contribution in [0.3, 0.4) is 0 Å². The number of nitrogens with one attached hydrogen (secondary N) is 1. The van der Waals surface area contributed by atoms with Crippen molar-refractivity contribution in [3.8, 4) is 11.5 Å². The Morgan fingerprint density at radius 3 is 2.62 bits per heavy atom. The fraction of sp³-hybridized carbons (Fsp3) is 0.667. The van der Waals surface area contributed by atoms with Crippen molar-refractivity contribution in [1.82, 2.24) is 10.2 Å². The molecule has 2 aliphatic heterocycles. The number of rotatable bonds is 3. The van der Waals surface area contributed by atoms with Crippen LogP contribution >= 0.6 is 0 Å². The Balaban J connectivity index is 1.41. The van der Waals surface area contributed by atoms with Crippen LogP contribution in [0.2, 0.25) is 0 Å². The van der Waals surface area contributed by atoms with Gasteiger partial charge >= 0.3 is 0 Å². The average Bonchev–Trinajstić information content (AvgIpc) is 3.08. The highest BCUT2D eigenvalue weighted by Gasteiger charge is 2.43. The molecule has 0 atom stereocenters. The number of likely N-dealkylation sites (tertiary alicyclic amines) is 1. The highest BCUT2D eigenvalue weighted by atomic mass is 16.6. The van der Waals surface area contributed by atoms with Gasteiger partial charge in [-0.2, -0.15) is 0 Å². The lowest BCUT2D eigenvalue weighted by Crippen LogP contribution is -2.46. The van der Waals surface area contributed by atoms with Crippen molar-refractivity contribution in [1.29, 1.82) is 0 Å². The number of benzene rings is 1. The predicted molar refractivity (Wildman–Crippen MR) is 104 cm³/mol. The third-order valence-corrected chi connectivity index (χ3v) is 6.38. The minimum Gasteiger partial charge on any atom is -0.486 e. The molecule has 0 unspecified atom stereocenters. The Labute approximate surface area is 156 Å². The smallest absolute Gasteiger partial charge is 0.193 e. The number of hydrogen-bond acceptors (Lipinski definition) is 3. The summed E-state index contributed by atoms with van der Waals surface area (Å²) >= 11 is 0. The van der Waals surface area contributed by atoms with Crippen LogP contribution in [-0.2, 0) is 5.41 Å². The third-order valence-electron chi connectivity index (χ3n) is 6.38. The topological polar surface area (TPSA) is 46.1 Å². The van der Waals surface area contributed by atoms with E-state index in [1.165, 1.54) is 31.2 Å². The molecule has 1 aromatic carbocycles. The van der Waals surface area contributed by atoms with Crippen LogP contribution in [0, 0.1) is 5.41 Å². The van der Waals surface area contributed by atoms with Gasteiger partial charge in [-0.1, -0.05) is 26.3 Å². The second-order valence-electron chi connectivity index (χ2n) is 8.67. The van der Waals surface area contributed by atoms with Gasteiger partial charge in [0.05, 0.1) is 0 Å². The van der Waals surface area contributed by atoms with Gasteiger partial charge in [-0.15, -0.1) is 0 Å². The first-order chi connectivity index (χ1) is 12.5. The Hall–Kier alpha value is -1.91. The molecule has 1 N–H and O–H groups in total. The van der Waals surface area contributed by atoms with E-state index in [2.05, 4.69) is 41.2 Å². The van der Waals surface area contributed by atoms with Gasteiger partial charge in [-0.05, 0) is 42.4 Å². The number of ether oxygens (including phenoxy) is 2. The van der Waals surface area contributed by atoms with Crippen molar-refractivity contribution >= 4 is 5.96 Å². The molecular weight excluding hydrogens is 326 g/mol. The van der Waals surface area contributed by atoms with Crippen molar-refractivity contribution in [3.05, 3.63) is 23.8 Å². The molecule has 0 bridgehead atoms. The summed E-state index contributed by atoms with van der Waals surface area (Å²) in [7, 11) is 1.89. The van der Waals surface area contributed by atoms with Crippen molar-refractivity contribution in [3.63, 3.8) is 0 Å². The first-order valence-electron chi connectivity index (χ1n) is 9.87. The van der Waals surface area contributed by atoms with Gasteiger partial charge in [0.25, 0.3) is 0 Å². The molecule has 3 aliphatic rings. The van der Waals surface area contributed by atoms with E-state index in [4.69, 9.17) is 9.47 Å². The maximum Gasteiger partial charge on any atom is 0.193 e. The molecule has 5 heteroatoms. The lowest BCUT2D eigenvalue weighted by Gasteiger charge is -2.38. The second kappa shape index (κ2) is 6.67. The average molecular weight is 357 g/mol. The van der Waals surface area contributed by atoms with Crippen molar-refractivity contribution in [2.24, 2.45) is 10.4 Å². The minimum absolute atomic E-state index is 0.0281. The number of nitrogens with zero attached hydrogens (tertiary/aromatic N) is 2. The largest absolute Gasteiger partial charge is 0.486 e. The first-order valence-corrected chi connectivity index (χ1v) is 9.87. The van der Waals surface area contributed by atoms with Crippen LogP contribution in [0.15, 0.2) is 23.2 Å². The van der Waals surface area contributed by atoms with Crippen LogP contribution in [0.5, 0.6) is 11.5 Å². The van der Waals surface area contributed by atoms with E-state index in [-0.39, 0.29) is 5.41 Å². The molecule has 2 heterocycles. The normalized spacial score (nSPS) is 21.7. The van der Waals surface area contributed by atoms with Gasteiger partial charge < -0.3 is 19.7 Å². The molecule has 1 spiro atoms. The number of guanidine groups is 1. The fourth-order valence-electron chi connectivity index (χ4n) is 4.40. The van der Waals surface area contributed by atoms with Crippen molar-refractivity contribution < 1.29 is 9.47 Å². The molecule has 5 nitrogen and oxygen atoms in total. The SMILES string of the molecule is CN=C(NCC(C)(C)c1ccc2c(c1)OCCO2)N1CCC2(CCC2)C1. The highest BCUT2D eigenvalue weighted by Crippen LogP contribution is 2.47. The molecule has 0 aromatic heterocycles. The molecule has 26 heavy (non-hydrogen) atoms. The summed E-state index contributed by atoms with van der Waals surface area (Å²) in [6, 6.07) is 6.30. The molecule has 1 aliphatic carbocycles. The summed E-state index contributed by atoms with van der Waals surface area (Å²) in [5, 5.41) is 3.62. The van der Waals surface area contributed by atoms with Crippen LogP contribution in [0.4, 0.5) is 0 Å². The van der Waals surface area contributed by atoms with Gasteiger partial charge in [-0.3, -0.25) is 4.99 Å². The molecular formula is C21H31N3O2. The lowest BCUT2D eigenvalue weighted by atomic mass is 9.68. The van der Waals surface area contributed by atoms with Crippen LogP contribution in [0.1, 0.15) is 45.1 Å². The van der Waals surface area contributed by atoms with E-state index >= 15 is 0 Å². The van der Waals surface area contributed by atoms with E-state index in [9.17, 15) is 0 Å². The van der Waals surface area contributed by atoms with Crippen LogP contribution < -0.4 is 14.8 Å². The Bertz CT molecular complexity index is 694. The summed E-state index contributed by atoms with van der Waals surface area (Å²) in [6.45, 7) is 8.90. The number of hydrogen-bond donors (Lipinski definition) is 1.